The van der Waals surface area contributed by atoms with Crippen molar-refractivity contribution in [2.45, 2.75) is 25.8 Å². The number of amides is 4. The van der Waals surface area contributed by atoms with Crippen molar-refractivity contribution >= 4 is 17.8 Å². The SMILES string of the molecule is O=C1CN(C(=O)c2ccc(CNC(=O)NCC3CC=CCC3)cc2)CCN1. The van der Waals surface area contributed by atoms with Crippen LogP contribution in [0.15, 0.2) is 36.4 Å². The first-order chi connectivity index (χ1) is 13.1. The molecule has 0 bridgehead atoms. The molecular weight excluding hydrogens is 344 g/mol. The summed E-state index contributed by atoms with van der Waals surface area (Å²) in [6.45, 7) is 2.19. The van der Waals surface area contributed by atoms with Crippen LogP contribution < -0.4 is 16.0 Å². The topological polar surface area (TPSA) is 90.5 Å². The molecule has 1 saturated heterocycles. The lowest BCUT2D eigenvalue weighted by Gasteiger charge is -2.26. The Bertz CT molecular complexity index is 714. The third-order valence-electron chi connectivity index (χ3n) is 4.91. The third kappa shape index (κ3) is 5.57. The average molecular weight is 370 g/mol. The van der Waals surface area contributed by atoms with Crippen LogP contribution in [-0.2, 0) is 11.3 Å². The highest BCUT2D eigenvalue weighted by atomic mass is 16.2. The van der Waals surface area contributed by atoms with Crippen molar-refractivity contribution in [3.8, 4) is 0 Å². The van der Waals surface area contributed by atoms with Crippen LogP contribution in [0.4, 0.5) is 4.79 Å². The number of hydrogen-bond donors (Lipinski definition) is 3. The van der Waals surface area contributed by atoms with E-state index in [1.54, 1.807) is 17.0 Å². The standard InChI is InChI=1S/C20H26N4O3/c25-18-14-24(11-10-21-18)19(26)17-8-6-16(7-9-17)13-23-20(27)22-12-15-4-2-1-3-5-15/h1-2,6-9,15H,3-5,10-14H2,(H,21,25)(H2,22,23,27). The summed E-state index contributed by atoms with van der Waals surface area (Å²) in [4.78, 5) is 37.3. The van der Waals surface area contributed by atoms with Crippen LogP contribution in [0.2, 0.25) is 0 Å². The number of urea groups is 1. The normalized spacial score (nSPS) is 19.3. The number of nitrogens with one attached hydrogen (secondary N) is 3. The second-order valence-electron chi connectivity index (χ2n) is 6.99. The van der Waals surface area contributed by atoms with E-state index in [-0.39, 0.29) is 24.4 Å². The molecule has 1 aromatic carbocycles. The zero-order valence-corrected chi connectivity index (χ0v) is 15.4. The predicted octanol–water partition coefficient (Wildman–Crippen LogP) is 1.41. The first kappa shape index (κ1) is 18.9. The molecular formula is C20H26N4O3. The molecule has 0 aromatic heterocycles. The molecule has 1 aliphatic heterocycles. The van der Waals surface area contributed by atoms with Crippen molar-refractivity contribution in [2.24, 2.45) is 5.92 Å². The van der Waals surface area contributed by atoms with E-state index in [4.69, 9.17) is 0 Å². The highest BCUT2D eigenvalue weighted by Gasteiger charge is 2.22. The zero-order valence-electron chi connectivity index (χ0n) is 15.4. The molecule has 3 N–H and O–H groups in total. The van der Waals surface area contributed by atoms with Gasteiger partial charge in [0, 0.05) is 31.7 Å². The quantitative estimate of drug-likeness (QED) is 0.685. The lowest BCUT2D eigenvalue weighted by atomic mass is 9.94. The van der Waals surface area contributed by atoms with Crippen LogP contribution in [0.25, 0.3) is 0 Å². The van der Waals surface area contributed by atoms with E-state index < -0.39 is 0 Å². The Labute approximate surface area is 159 Å². The van der Waals surface area contributed by atoms with Gasteiger partial charge in [-0.25, -0.2) is 4.79 Å². The molecule has 0 spiro atoms. The van der Waals surface area contributed by atoms with Crippen molar-refractivity contribution in [3.05, 3.63) is 47.5 Å². The van der Waals surface area contributed by atoms with E-state index in [0.717, 1.165) is 24.8 Å². The summed E-state index contributed by atoms with van der Waals surface area (Å²) in [6, 6.07) is 6.94. The molecule has 0 radical (unpaired) electrons. The molecule has 1 heterocycles. The summed E-state index contributed by atoms with van der Waals surface area (Å²) in [5.41, 5.74) is 1.46. The van der Waals surface area contributed by atoms with Crippen molar-refractivity contribution in [1.29, 1.82) is 0 Å². The maximum Gasteiger partial charge on any atom is 0.315 e. The molecule has 4 amide bonds. The van der Waals surface area contributed by atoms with E-state index in [0.29, 0.717) is 37.7 Å². The van der Waals surface area contributed by atoms with Crippen LogP contribution in [0.5, 0.6) is 0 Å². The molecule has 0 saturated carbocycles. The molecule has 27 heavy (non-hydrogen) atoms. The number of nitrogens with zero attached hydrogens (tertiary/aromatic N) is 1. The first-order valence-electron chi connectivity index (χ1n) is 9.43. The largest absolute Gasteiger partial charge is 0.353 e. The number of hydrogen-bond acceptors (Lipinski definition) is 3. The minimum absolute atomic E-state index is 0.0963. The number of allylic oxidation sites excluding steroid dienone is 2. The molecule has 1 aromatic rings. The molecule has 2 aliphatic rings. The Morgan fingerprint density at radius 1 is 1.15 bits per heavy atom. The Morgan fingerprint density at radius 2 is 1.96 bits per heavy atom. The number of carbonyl (C=O) groups excluding carboxylic acids is 3. The molecule has 144 valence electrons. The molecule has 3 rings (SSSR count). The van der Waals surface area contributed by atoms with E-state index in [9.17, 15) is 14.4 Å². The van der Waals surface area contributed by atoms with Crippen molar-refractivity contribution in [2.75, 3.05) is 26.2 Å². The van der Waals surface area contributed by atoms with Gasteiger partial charge in [-0.05, 0) is 42.9 Å². The molecule has 7 nitrogen and oxygen atoms in total. The molecule has 1 fully saturated rings. The van der Waals surface area contributed by atoms with Crippen molar-refractivity contribution < 1.29 is 14.4 Å². The minimum Gasteiger partial charge on any atom is -0.353 e. The zero-order chi connectivity index (χ0) is 19.1. The van der Waals surface area contributed by atoms with Gasteiger partial charge in [-0.3, -0.25) is 9.59 Å². The Kier molecular flexibility index (Phi) is 6.46. The van der Waals surface area contributed by atoms with Gasteiger partial charge in [0.15, 0.2) is 0 Å². The van der Waals surface area contributed by atoms with E-state index in [2.05, 4.69) is 28.1 Å². The van der Waals surface area contributed by atoms with Gasteiger partial charge < -0.3 is 20.9 Å². The highest BCUT2D eigenvalue weighted by Crippen LogP contribution is 2.16. The minimum atomic E-state index is -0.177. The van der Waals surface area contributed by atoms with E-state index in [1.165, 1.54) is 0 Å². The highest BCUT2D eigenvalue weighted by molar-refractivity contribution is 5.97. The van der Waals surface area contributed by atoms with Crippen LogP contribution in [0.3, 0.4) is 0 Å². The van der Waals surface area contributed by atoms with Gasteiger partial charge in [-0.2, -0.15) is 0 Å². The Hall–Kier alpha value is -2.83. The van der Waals surface area contributed by atoms with Gasteiger partial charge in [-0.15, -0.1) is 0 Å². The fourth-order valence-corrected chi connectivity index (χ4v) is 3.28. The van der Waals surface area contributed by atoms with Crippen LogP contribution in [0.1, 0.15) is 35.2 Å². The molecule has 1 atom stereocenters. The predicted molar refractivity (Wildman–Crippen MR) is 102 cm³/mol. The number of benzene rings is 1. The van der Waals surface area contributed by atoms with E-state index in [1.807, 2.05) is 12.1 Å². The van der Waals surface area contributed by atoms with Gasteiger partial charge in [0.1, 0.15) is 0 Å². The van der Waals surface area contributed by atoms with Crippen LogP contribution in [0, 0.1) is 5.92 Å². The number of piperazine rings is 1. The monoisotopic (exact) mass is 370 g/mol. The van der Waals surface area contributed by atoms with E-state index >= 15 is 0 Å². The Morgan fingerprint density at radius 3 is 2.67 bits per heavy atom. The lowest BCUT2D eigenvalue weighted by Crippen LogP contribution is -2.49. The number of rotatable bonds is 5. The summed E-state index contributed by atoms with van der Waals surface area (Å²) in [5.74, 6) is 0.234. The molecule has 1 aliphatic carbocycles. The van der Waals surface area contributed by atoms with Crippen LogP contribution >= 0.6 is 0 Å². The van der Waals surface area contributed by atoms with Gasteiger partial charge in [0.2, 0.25) is 5.91 Å². The molecule has 1 unspecified atom stereocenters. The van der Waals surface area contributed by atoms with Crippen molar-refractivity contribution in [3.63, 3.8) is 0 Å². The Balaban J connectivity index is 1.43. The summed E-state index contributed by atoms with van der Waals surface area (Å²) in [6.07, 6.45) is 7.58. The molecule has 7 heteroatoms. The number of carbonyl (C=O) groups is 3. The lowest BCUT2D eigenvalue weighted by molar-refractivity contribution is -0.123. The average Bonchev–Trinajstić information content (AvgIpc) is 2.71. The summed E-state index contributed by atoms with van der Waals surface area (Å²) >= 11 is 0. The van der Waals surface area contributed by atoms with Gasteiger partial charge in [-0.1, -0.05) is 24.3 Å². The van der Waals surface area contributed by atoms with Gasteiger partial charge in [0.05, 0.1) is 6.54 Å². The van der Waals surface area contributed by atoms with Gasteiger partial charge >= 0.3 is 6.03 Å². The summed E-state index contributed by atoms with van der Waals surface area (Å²) in [7, 11) is 0. The maximum absolute atomic E-state index is 12.4. The van der Waals surface area contributed by atoms with Gasteiger partial charge in [0.25, 0.3) is 5.91 Å². The summed E-state index contributed by atoms with van der Waals surface area (Å²) in [5, 5.41) is 8.46. The second kappa shape index (κ2) is 9.21. The smallest absolute Gasteiger partial charge is 0.315 e. The summed E-state index contributed by atoms with van der Waals surface area (Å²) < 4.78 is 0. The fraction of sp³-hybridized carbons (Fsp3) is 0.450. The van der Waals surface area contributed by atoms with Crippen LogP contribution in [-0.4, -0.2) is 48.9 Å². The first-order valence-corrected chi connectivity index (χ1v) is 9.43. The third-order valence-corrected chi connectivity index (χ3v) is 4.91. The maximum atomic E-state index is 12.4. The van der Waals surface area contributed by atoms with Crippen molar-refractivity contribution in [1.82, 2.24) is 20.9 Å². The fourth-order valence-electron chi connectivity index (χ4n) is 3.28. The second-order valence-corrected chi connectivity index (χ2v) is 6.99.